The Hall–Kier alpha value is -0.580. The van der Waals surface area contributed by atoms with E-state index in [4.69, 9.17) is 16.3 Å². The van der Waals surface area contributed by atoms with Crippen LogP contribution in [0.25, 0.3) is 0 Å². The van der Waals surface area contributed by atoms with Crippen molar-refractivity contribution in [1.29, 1.82) is 0 Å². The van der Waals surface area contributed by atoms with Gasteiger partial charge in [0.2, 0.25) is 0 Å². The first-order chi connectivity index (χ1) is 10.1. The van der Waals surface area contributed by atoms with Gasteiger partial charge in [-0.15, -0.1) is 0 Å². The van der Waals surface area contributed by atoms with Gasteiger partial charge < -0.3 is 10.1 Å². The van der Waals surface area contributed by atoms with Gasteiger partial charge >= 0.3 is 0 Å². The lowest BCUT2D eigenvalue weighted by Crippen LogP contribution is -2.43. The first kappa shape index (κ1) is 18.5. The topological polar surface area (TPSA) is 39.1 Å². The number of hydrogen-bond acceptors (Lipinski definition) is 3. The Morgan fingerprint density at radius 2 is 2.00 bits per heavy atom. The first-order valence-electron chi connectivity index (χ1n) is 8.15. The number of rotatable bonds is 10. The number of nitrogens with zero attached hydrogens (tertiary/aromatic N) is 2. The van der Waals surface area contributed by atoms with Crippen molar-refractivity contribution in [3.63, 3.8) is 0 Å². The van der Waals surface area contributed by atoms with E-state index < -0.39 is 0 Å². The van der Waals surface area contributed by atoms with Crippen molar-refractivity contribution in [2.45, 2.75) is 72.6 Å². The van der Waals surface area contributed by atoms with Gasteiger partial charge in [-0.05, 0) is 33.7 Å². The standard InChI is InChI=1S/C16H30ClN3O/c1-6-10-15(21-9-4)13(18-7-2)11-14-16(17)12(5)19-20(14)8-3/h13,15,18H,6-11H2,1-5H3. The zero-order valence-corrected chi connectivity index (χ0v) is 14.8. The lowest BCUT2D eigenvalue weighted by molar-refractivity contribution is 0.0281. The zero-order chi connectivity index (χ0) is 15.8. The monoisotopic (exact) mass is 315 g/mol. The number of aryl methyl sites for hydroxylation is 2. The largest absolute Gasteiger partial charge is 0.377 e. The van der Waals surface area contributed by atoms with Gasteiger partial charge in [0.05, 0.1) is 22.5 Å². The fourth-order valence-electron chi connectivity index (χ4n) is 2.77. The Balaban J connectivity index is 2.95. The van der Waals surface area contributed by atoms with Gasteiger partial charge in [0.1, 0.15) is 0 Å². The van der Waals surface area contributed by atoms with Crippen LogP contribution in [0.15, 0.2) is 0 Å². The molecule has 2 unspecified atom stereocenters. The second-order valence-corrected chi connectivity index (χ2v) is 5.69. The smallest absolute Gasteiger partial charge is 0.0847 e. The molecule has 0 radical (unpaired) electrons. The molecule has 1 aromatic rings. The summed E-state index contributed by atoms with van der Waals surface area (Å²) in [5.74, 6) is 0. The summed E-state index contributed by atoms with van der Waals surface area (Å²) < 4.78 is 7.97. The minimum Gasteiger partial charge on any atom is -0.377 e. The Morgan fingerprint density at radius 3 is 2.52 bits per heavy atom. The molecule has 0 aromatic carbocycles. The van der Waals surface area contributed by atoms with E-state index >= 15 is 0 Å². The molecular weight excluding hydrogens is 286 g/mol. The van der Waals surface area contributed by atoms with E-state index in [2.05, 4.69) is 38.1 Å². The van der Waals surface area contributed by atoms with E-state index in [-0.39, 0.29) is 12.1 Å². The Morgan fingerprint density at radius 1 is 1.29 bits per heavy atom. The van der Waals surface area contributed by atoms with Crippen LogP contribution in [0, 0.1) is 6.92 Å². The van der Waals surface area contributed by atoms with Crippen molar-refractivity contribution in [1.82, 2.24) is 15.1 Å². The molecule has 5 heteroatoms. The third-order valence-electron chi connectivity index (χ3n) is 3.74. The van der Waals surface area contributed by atoms with Crippen LogP contribution in [0.2, 0.25) is 5.02 Å². The van der Waals surface area contributed by atoms with Gasteiger partial charge in [-0.25, -0.2) is 0 Å². The predicted octanol–water partition coefficient (Wildman–Crippen LogP) is 3.59. The average molecular weight is 316 g/mol. The van der Waals surface area contributed by atoms with Gasteiger partial charge in [0.15, 0.2) is 0 Å². The molecular formula is C16H30ClN3O. The molecule has 0 aliphatic carbocycles. The van der Waals surface area contributed by atoms with E-state index in [9.17, 15) is 0 Å². The van der Waals surface area contributed by atoms with Crippen molar-refractivity contribution in [3.05, 3.63) is 16.4 Å². The van der Waals surface area contributed by atoms with Gasteiger partial charge in [0.25, 0.3) is 0 Å². The minimum atomic E-state index is 0.219. The van der Waals surface area contributed by atoms with Gasteiger partial charge in [-0.1, -0.05) is 31.9 Å². The molecule has 0 amide bonds. The van der Waals surface area contributed by atoms with Gasteiger partial charge in [-0.3, -0.25) is 4.68 Å². The average Bonchev–Trinajstić information content (AvgIpc) is 2.74. The van der Waals surface area contributed by atoms with Crippen molar-refractivity contribution in [2.24, 2.45) is 0 Å². The summed E-state index contributed by atoms with van der Waals surface area (Å²) in [6, 6.07) is 0.272. The molecule has 1 rings (SSSR count). The molecule has 0 saturated heterocycles. The highest BCUT2D eigenvalue weighted by Crippen LogP contribution is 2.23. The maximum atomic E-state index is 6.44. The third kappa shape index (κ3) is 4.97. The van der Waals surface area contributed by atoms with E-state index in [1.54, 1.807) is 0 Å². The molecule has 0 spiro atoms. The summed E-state index contributed by atoms with van der Waals surface area (Å²) in [4.78, 5) is 0. The summed E-state index contributed by atoms with van der Waals surface area (Å²) in [5, 5.41) is 8.87. The van der Waals surface area contributed by atoms with E-state index in [1.165, 1.54) is 0 Å². The van der Waals surface area contributed by atoms with Crippen LogP contribution in [0.1, 0.15) is 51.9 Å². The first-order valence-corrected chi connectivity index (χ1v) is 8.53. The summed E-state index contributed by atoms with van der Waals surface area (Å²) in [6.07, 6.45) is 3.25. The van der Waals surface area contributed by atoms with Crippen molar-refractivity contribution in [2.75, 3.05) is 13.2 Å². The lowest BCUT2D eigenvalue weighted by atomic mass is 10.0. The molecule has 21 heavy (non-hydrogen) atoms. The second-order valence-electron chi connectivity index (χ2n) is 5.31. The van der Waals surface area contributed by atoms with Crippen LogP contribution in [-0.4, -0.2) is 35.1 Å². The molecule has 0 aliphatic heterocycles. The number of nitrogens with one attached hydrogen (secondary N) is 1. The minimum absolute atomic E-state index is 0.219. The van der Waals surface area contributed by atoms with Crippen LogP contribution in [0.5, 0.6) is 0 Å². The maximum Gasteiger partial charge on any atom is 0.0847 e. The van der Waals surface area contributed by atoms with Crippen LogP contribution >= 0.6 is 11.6 Å². The fourth-order valence-corrected chi connectivity index (χ4v) is 2.98. The zero-order valence-electron chi connectivity index (χ0n) is 14.1. The third-order valence-corrected chi connectivity index (χ3v) is 4.23. The molecule has 0 aliphatic rings. The number of ether oxygens (including phenoxy) is 1. The SMILES string of the molecule is CCCC(OCC)C(Cc1c(Cl)c(C)nn1CC)NCC. The Kier molecular flexibility index (Phi) is 8.30. The highest BCUT2D eigenvalue weighted by molar-refractivity contribution is 6.31. The maximum absolute atomic E-state index is 6.44. The van der Waals surface area contributed by atoms with Crippen LogP contribution in [0.3, 0.4) is 0 Å². The second kappa shape index (κ2) is 9.44. The molecule has 2 atom stereocenters. The quantitative estimate of drug-likeness (QED) is 0.717. The molecule has 122 valence electrons. The van der Waals surface area contributed by atoms with Crippen LogP contribution in [-0.2, 0) is 17.7 Å². The fraction of sp³-hybridized carbons (Fsp3) is 0.812. The van der Waals surface area contributed by atoms with E-state index in [1.807, 2.05) is 11.6 Å². The highest BCUT2D eigenvalue weighted by atomic mass is 35.5. The molecule has 1 heterocycles. The van der Waals surface area contributed by atoms with Crippen LogP contribution < -0.4 is 5.32 Å². The van der Waals surface area contributed by atoms with Crippen molar-refractivity contribution in [3.8, 4) is 0 Å². The number of likely N-dealkylation sites (N-methyl/N-ethyl adjacent to an activating group) is 1. The normalized spacial score (nSPS) is 14.4. The summed E-state index contributed by atoms with van der Waals surface area (Å²) in [6.45, 7) is 13.0. The van der Waals surface area contributed by atoms with Gasteiger partial charge in [-0.2, -0.15) is 5.10 Å². The number of hydrogen-bond donors (Lipinski definition) is 1. The summed E-state index contributed by atoms with van der Waals surface area (Å²) in [7, 11) is 0. The molecule has 4 nitrogen and oxygen atoms in total. The number of halogens is 1. The molecule has 0 bridgehead atoms. The number of aromatic nitrogens is 2. The molecule has 1 N–H and O–H groups in total. The van der Waals surface area contributed by atoms with E-state index in [0.717, 1.165) is 55.4 Å². The molecule has 0 saturated carbocycles. The molecule has 0 fully saturated rings. The Labute approximate surface area is 134 Å². The highest BCUT2D eigenvalue weighted by Gasteiger charge is 2.24. The van der Waals surface area contributed by atoms with Crippen molar-refractivity contribution >= 4 is 11.6 Å². The summed E-state index contributed by atoms with van der Waals surface area (Å²) >= 11 is 6.44. The predicted molar refractivity (Wildman–Crippen MR) is 89.1 cm³/mol. The van der Waals surface area contributed by atoms with Crippen LogP contribution in [0.4, 0.5) is 0 Å². The molecule has 1 aromatic heterocycles. The van der Waals surface area contributed by atoms with E-state index in [0.29, 0.717) is 0 Å². The van der Waals surface area contributed by atoms with Crippen molar-refractivity contribution < 1.29 is 4.74 Å². The summed E-state index contributed by atoms with van der Waals surface area (Å²) in [5.41, 5.74) is 2.02. The lowest BCUT2D eigenvalue weighted by Gasteiger charge is -2.28. The van der Waals surface area contributed by atoms with Gasteiger partial charge in [0, 0.05) is 25.6 Å². The Bertz CT molecular complexity index is 414.